The number of aliphatic carboxylic acids is 1. The highest BCUT2D eigenvalue weighted by Gasteiger charge is 2.21. The summed E-state index contributed by atoms with van der Waals surface area (Å²) in [5.41, 5.74) is 0. The molecular weight excluding hydrogens is 220 g/mol. The number of hydrogen-bond acceptors (Lipinski definition) is 4. The summed E-state index contributed by atoms with van der Waals surface area (Å²) in [7, 11) is 0. The predicted octanol–water partition coefficient (Wildman–Crippen LogP) is 1.13. The fourth-order valence-corrected chi connectivity index (χ4v) is 1.94. The highest BCUT2D eigenvalue weighted by molar-refractivity contribution is 5.69. The van der Waals surface area contributed by atoms with Crippen molar-refractivity contribution in [3.8, 4) is 0 Å². The van der Waals surface area contributed by atoms with E-state index in [0.29, 0.717) is 13.0 Å². The fourth-order valence-electron chi connectivity index (χ4n) is 1.94. The van der Waals surface area contributed by atoms with Crippen molar-refractivity contribution in [3.63, 3.8) is 0 Å². The number of nitrogens with zero attached hydrogens (tertiary/aromatic N) is 4. The fraction of sp³-hybridized carbons (Fsp3) is 0.818. The third kappa shape index (κ3) is 3.01. The smallest absolute Gasteiger partial charge is 0.306 e. The molecule has 1 aliphatic carbocycles. The summed E-state index contributed by atoms with van der Waals surface area (Å²) in [6, 6.07) is 0. The van der Waals surface area contributed by atoms with E-state index < -0.39 is 5.97 Å². The molecule has 0 amide bonds. The summed E-state index contributed by atoms with van der Waals surface area (Å²) in [6.07, 6.45) is 5.32. The Morgan fingerprint density at radius 3 is 2.94 bits per heavy atom. The number of carbonyl (C=O) groups is 1. The van der Waals surface area contributed by atoms with Crippen LogP contribution in [0.15, 0.2) is 0 Å². The molecule has 1 N–H and O–H groups in total. The first-order chi connectivity index (χ1) is 8.16. The molecule has 1 aromatic heterocycles. The van der Waals surface area contributed by atoms with Crippen molar-refractivity contribution in [2.24, 2.45) is 11.8 Å². The minimum absolute atomic E-state index is 0.351. The molecule has 0 saturated heterocycles. The predicted molar refractivity (Wildman–Crippen MR) is 60.3 cm³/mol. The van der Waals surface area contributed by atoms with Crippen LogP contribution in [0.3, 0.4) is 0 Å². The third-order valence-corrected chi connectivity index (χ3v) is 3.50. The monoisotopic (exact) mass is 238 g/mol. The Hall–Kier alpha value is -1.46. The normalized spacial score (nSPS) is 17.7. The average Bonchev–Trinajstić information content (AvgIpc) is 2.67. The molecule has 0 spiro atoms. The van der Waals surface area contributed by atoms with Gasteiger partial charge in [-0.25, -0.2) is 4.68 Å². The van der Waals surface area contributed by atoms with Gasteiger partial charge in [0.2, 0.25) is 0 Å². The van der Waals surface area contributed by atoms with Crippen LogP contribution in [0.1, 0.15) is 38.4 Å². The van der Waals surface area contributed by atoms with Gasteiger partial charge in [0.05, 0.1) is 5.92 Å². The van der Waals surface area contributed by atoms with E-state index in [1.54, 1.807) is 11.6 Å². The van der Waals surface area contributed by atoms with Crippen LogP contribution in [0, 0.1) is 11.8 Å². The molecule has 6 heteroatoms. The van der Waals surface area contributed by atoms with Crippen LogP contribution in [-0.4, -0.2) is 31.3 Å². The van der Waals surface area contributed by atoms with Crippen LogP contribution in [-0.2, 0) is 17.8 Å². The SMILES string of the molecule is CC(CCn1nnnc1CC1CCC1)C(=O)O. The number of tetrazole rings is 1. The van der Waals surface area contributed by atoms with E-state index in [0.717, 1.165) is 18.2 Å². The topological polar surface area (TPSA) is 80.9 Å². The van der Waals surface area contributed by atoms with Gasteiger partial charge in [-0.2, -0.15) is 0 Å². The molecule has 17 heavy (non-hydrogen) atoms. The van der Waals surface area contributed by atoms with E-state index >= 15 is 0 Å². The number of aryl methyl sites for hydroxylation is 1. The number of hydrogen-bond donors (Lipinski definition) is 1. The second-order valence-electron chi connectivity index (χ2n) is 4.85. The molecule has 1 atom stereocenters. The van der Waals surface area contributed by atoms with Crippen LogP contribution in [0.25, 0.3) is 0 Å². The van der Waals surface area contributed by atoms with E-state index in [4.69, 9.17) is 5.11 Å². The number of carboxylic acids is 1. The van der Waals surface area contributed by atoms with Crippen molar-refractivity contribution in [2.75, 3.05) is 0 Å². The third-order valence-electron chi connectivity index (χ3n) is 3.50. The quantitative estimate of drug-likeness (QED) is 0.803. The lowest BCUT2D eigenvalue weighted by Crippen LogP contribution is -2.19. The van der Waals surface area contributed by atoms with Crippen molar-refractivity contribution < 1.29 is 9.90 Å². The van der Waals surface area contributed by atoms with Gasteiger partial charge in [-0.3, -0.25) is 4.79 Å². The maximum Gasteiger partial charge on any atom is 0.306 e. The molecule has 1 heterocycles. The molecule has 94 valence electrons. The first-order valence-electron chi connectivity index (χ1n) is 6.14. The van der Waals surface area contributed by atoms with Gasteiger partial charge in [0.15, 0.2) is 5.82 Å². The molecular formula is C11H18N4O2. The standard InChI is InChI=1S/C11H18N4O2/c1-8(11(16)17)5-6-15-10(12-13-14-15)7-9-3-2-4-9/h8-9H,2-7H2,1H3,(H,16,17). The lowest BCUT2D eigenvalue weighted by molar-refractivity contribution is -0.141. The van der Waals surface area contributed by atoms with Gasteiger partial charge in [-0.15, -0.1) is 5.10 Å². The van der Waals surface area contributed by atoms with E-state index in [-0.39, 0.29) is 5.92 Å². The number of carboxylic acid groups (broad SMARTS) is 1. The Morgan fingerprint density at radius 1 is 1.59 bits per heavy atom. The molecule has 1 aliphatic rings. The van der Waals surface area contributed by atoms with Gasteiger partial charge in [-0.05, 0) is 22.8 Å². The van der Waals surface area contributed by atoms with Gasteiger partial charge in [0.1, 0.15) is 0 Å². The van der Waals surface area contributed by atoms with E-state index in [1.165, 1.54) is 19.3 Å². The Kier molecular flexibility index (Phi) is 3.71. The lowest BCUT2D eigenvalue weighted by Gasteiger charge is -2.24. The first kappa shape index (κ1) is 12.0. The van der Waals surface area contributed by atoms with Crippen LogP contribution >= 0.6 is 0 Å². The second kappa shape index (κ2) is 5.25. The highest BCUT2D eigenvalue weighted by atomic mass is 16.4. The van der Waals surface area contributed by atoms with Crippen molar-refractivity contribution >= 4 is 5.97 Å². The van der Waals surface area contributed by atoms with Gasteiger partial charge in [0, 0.05) is 13.0 Å². The van der Waals surface area contributed by atoms with E-state index in [1.807, 2.05) is 0 Å². The highest BCUT2D eigenvalue weighted by Crippen LogP contribution is 2.28. The lowest BCUT2D eigenvalue weighted by atomic mass is 9.83. The maximum atomic E-state index is 10.7. The van der Waals surface area contributed by atoms with Crippen LogP contribution in [0.5, 0.6) is 0 Å². The molecule has 1 fully saturated rings. The molecule has 0 aliphatic heterocycles. The average molecular weight is 238 g/mol. The van der Waals surface area contributed by atoms with E-state index in [9.17, 15) is 4.79 Å². The maximum absolute atomic E-state index is 10.7. The number of rotatable bonds is 6. The van der Waals surface area contributed by atoms with Crippen molar-refractivity contribution in [1.82, 2.24) is 20.2 Å². The zero-order valence-electron chi connectivity index (χ0n) is 10.0. The molecule has 2 rings (SSSR count). The van der Waals surface area contributed by atoms with Gasteiger partial charge in [-0.1, -0.05) is 26.2 Å². The minimum Gasteiger partial charge on any atom is -0.481 e. The Bertz CT molecular complexity index is 387. The second-order valence-corrected chi connectivity index (χ2v) is 4.85. The van der Waals surface area contributed by atoms with Gasteiger partial charge >= 0.3 is 5.97 Å². The van der Waals surface area contributed by atoms with Crippen molar-refractivity contribution in [3.05, 3.63) is 5.82 Å². The Balaban J connectivity index is 1.87. The summed E-state index contributed by atoms with van der Waals surface area (Å²) in [5, 5.41) is 20.4. The van der Waals surface area contributed by atoms with Crippen LogP contribution in [0.2, 0.25) is 0 Å². The summed E-state index contributed by atoms with van der Waals surface area (Å²) >= 11 is 0. The van der Waals surface area contributed by atoms with Crippen LogP contribution in [0.4, 0.5) is 0 Å². The minimum atomic E-state index is -0.765. The van der Waals surface area contributed by atoms with Gasteiger partial charge in [0.25, 0.3) is 0 Å². The summed E-state index contributed by atoms with van der Waals surface area (Å²) < 4.78 is 1.75. The molecule has 6 nitrogen and oxygen atoms in total. The number of aromatic nitrogens is 4. The zero-order valence-corrected chi connectivity index (χ0v) is 10.0. The Morgan fingerprint density at radius 2 is 2.35 bits per heavy atom. The van der Waals surface area contributed by atoms with Gasteiger partial charge < -0.3 is 5.11 Å². The van der Waals surface area contributed by atoms with E-state index in [2.05, 4.69) is 15.5 Å². The van der Waals surface area contributed by atoms with Crippen molar-refractivity contribution in [2.45, 2.75) is 45.6 Å². The first-order valence-corrected chi connectivity index (χ1v) is 6.14. The summed E-state index contributed by atoms with van der Waals surface area (Å²) in [5.74, 6) is 0.498. The molecule has 1 unspecified atom stereocenters. The summed E-state index contributed by atoms with van der Waals surface area (Å²) in [4.78, 5) is 10.7. The molecule has 1 saturated carbocycles. The van der Waals surface area contributed by atoms with Crippen LogP contribution < -0.4 is 0 Å². The zero-order chi connectivity index (χ0) is 12.3. The van der Waals surface area contributed by atoms with Crippen molar-refractivity contribution in [1.29, 1.82) is 0 Å². The molecule has 1 aromatic rings. The Labute approximate surface area is 100 Å². The molecule has 0 radical (unpaired) electrons. The summed E-state index contributed by atoms with van der Waals surface area (Å²) in [6.45, 7) is 2.29. The largest absolute Gasteiger partial charge is 0.481 e. The molecule has 0 aromatic carbocycles. The molecule has 0 bridgehead atoms.